The average molecular weight is 262 g/mol. The molecule has 0 saturated carbocycles. The van der Waals surface area contributed by atoms with E-state index in [2.05, 4.69) is 5.32 Å². The molecule has 1 rings (SSSR count). The summed E-state index contributed by atoms with van der Waals surface area (Å²) in [6.45, 7) is 0.562. The maximum absolute atomic E-state index is 9.23. The van der Waals surface area contributed by atoms with Crippen LogP contribution in [0.4, 0.5) is 0 Å². The zero-order valence-electron chi connectivity index (χ0n) is 9.11. The van der Waals surface area contributed by atoms with E-state index in [1.54, 1.807) is 0 Å². The van der Waals surface area contributed by atoms with Gasteiger partial charge in [-0.3, -0.25) is 0 Å². The van der Waals surface area contributed by atoms with Gasteiger partial charge in [0.15, 0.2) is 0 Å². The normalized spacial score (nSPS) is 12.8. The molecular weight excluding hydrogens is 246 g/mol. The van der Waals surface area contributed by atoms with Crippen molar-refractivity contribution in [2.45, 2.75) is 17.5 Å². The number of rotatable bonds is 6. The van der Waals surface area contributed by atoms with E-state index in [1.165, 1.54) is 11.8 Å². The molecule has 16 heavy (non-hydrogen) atoms. The third-order valence-electron chi connectivity index (χ3n) is 2.02. The Morgan fingerprint density at radius 1 is 1.50 bits per heavy atom. The molecule has 5 heteroatoms. The van der Waals surface area contributed by atoms with Crippen molar-refractivity contribution in [3.8, 4) is 0 Å². The number of thioether (sulfide) groups is 1. The van der Waals surface area contributed by atoms with Crippen molar-refractivity contribution in [3.05, 3.63) is 28.8 Å². The van der Waals surface area contributed by atoms with Crippen LogP contribution in [-0.4, -0.2) is 35.7 Å². The van der Waals surface area contributed by atoms with Crippen LogP contribution in [0.3, 0.4) is 0 Å². The molecule has 1 aromatic carbocycles. The summed E-state index contributed by atoms with van der Waals surface area (Å²) in [6.07, 6.45) is -0.696. The summed E-state index contributed by atoms with van der Waals surface area (Å²) in [5.41, 5.74) is 1.12. The lowest BCUT2D eigenvalue weighted by atomic mass is 10.2. The number of aliphatic hydroxyl groups is 2. The Labute approximate surface area is 105 Å². The van der Waals surface area contributed by atoms with E-state index in [0.717, 1.165) is 17.0 Å². The largest absolute Gasteiger partial charge is 0.394 e. The first kappa shape index (κ1) is 13.8. The smallest absolute Gasteiger partial charge is 0.0864 e. The summed E-state index contributed by atoms with van der Waals surface area (Å²) in [5.74, 6) is 0.446. The van der Waals surface area contributed by atoms with E-state index in [9.17, 15) is 5.11 Å². The van der Waals surface area contributed by atoms with Gasteiger partial charge in [0.05, 0.1) is 17.7 Å². The number of hydrogen-bond donors (Lipinski definition) is 3. The fourth-order valence-corrected chi connectivity index (χ4v) is 2.42. The van der Waals surface area contributed by atoms with Crippen LogP contribution in [0.25, 0.3) is 0 Å². The lowest BCUT2D eigenvalue weighted by Crippen LogP contribution is -2.14. The van der Waals surface area contributed by atoms with Gasteiger partial charge in [-0.2, -0.15) is 0 Å². The van der Waals surface area contributed by atoms with Gasteiger partial charge in [0.1, 0.15) is 0 Å². The molecule has 0 radical (unpaired) electrons. The summed E-state index contributed by atoms with van der Waals surface area (Å²) < 4.78 is 0. The second kappa shape index (κ2) is 7.14. The molecule has 0 aliphatic carbocycles. The first-order valence-corrected chi connectivity index (χ1v) is 6.38. The van der Waals surface area contributed by atoms with Gasteiger partial charge >= 0.3 is 0 Å². The van der Waals surface area contributed by atoms with E-state index in [4.69, 9.17) is 16.7 Å². The van der Waals surface area contributed by atoms with Gasteiger partial charge < -0.3 is 15.5 Å². The third kappa shape index (κ3) is 4.31. The minimum atomic E-state index is -0.696. The Hall–Kier alpha value is -0.260. The molecule has 1 atom stereocenters. The first-order valence-electron chi connectivity index (χ1n) is 5.02. The first-order chi connectivity index (χ1) is 7.67. The van der Waals surface area contributed by atoms with E-state index in [-0.39, 0.29) is 6.61 Å². The lowest BCUT2D eigenvalue weighted by molar-refractivity contribution is 0.113. The van der Waals surface area contributed by atoms with Crippen molar-refractivity contribution in [2.75, 3.05) is 19.4 Å². The summed E-state index contributed by atoms with van der Waals surface area (Å²) >= 11 is 7.54. The minimum absolute atomic E-state index is 0.220. The molecule has 0 fully saturated rings. The van der Waals surface area contributed by atoms with Crippen molar-refractivity contribution in [1.82, 2.24) is 5.32 Å². The fourth-order valence-electron chi connectivity index (χ4n) is 1.21. The van der Waals surface area contributed by atoms with Crippen molar-refractivity contribution >= 4 is 23.4 Å². The molecule has 1 aromatic rings. The van der Waals surface area contributed by atoms with Crippen molar-refractivity contribution in [1.29, 1.82) is 0 Å². The number of aliphatic hydroxyl groups excluding tert-OH is 2. The number of benzene rings is 1. The average Bonchev–Trinajstić information content (AvgIpc) is 2.28. The minimum Gasteiger partial charge on any atom is -0.394 e. The Bertz CT molecular complexity index is 336. The van der Waals surface area contributed by atoms with Crippen molar-refractivity contribution in [2.24, 2.45) is 0 Å². The van der Waals surface area contributed by atoms with Crippen LogP contribution >= 0.6 is 23.4 Å². The quantitative estimate of drug-likeness (QED) is 0.680. The Kier molecular flexibility index (Phi) is 6.16. The lowest BCUT2D eigenvalue weighted by Gasteiger charge is -2.09. The van der Waals surface area contributed by atoms with Crippen LogP contribution in [0.15, 0.2) is 23.1 Å². The highest BCUT2D eigenvalue weighted by Gasteiger charge is 2.06. The highest BCUT2D eigenvalue weighted by molar-refractivity contribution is 7.99. The van der Waals surface area contributed by atoms with Crippen LogP contribution in [-0.2, 0) is 6.54 Å². The molecule has 0 spiro atoms. The monoisotopic (exact) mass is 261 g/mol. The number of hydrogen-bond acceptors (Lipinski definition) is 4. The topological polar surface area (TPSA) is 52.5 Å². The molecule has 1 unspecified atom stereocenters. The van der Waals surface area contributed by atoms with Crippen LogP contribution in [0.2, 0.25) is 5.02 Å². The van der Waals surface area contributed by atoms with Gasteiger partial charge in [0, 0.05) is 17.2 Å². The van der Waals surface area contributed by atoms with Crippen LogP contribution < -0.4 is 5.32 Å². The third-order valence-corrected chi connectivity index (χ3v) is 3.66. The van der Waals surface area contributed by atoms with Gasteiger partial charge in [-0.05, 0) is 24.7 Å². The molecular formula is C11H16ClNO2S. The molecule has 0 aliphatic heterocycles. The Morgan fingerprint density at radius 3 is 2.81 bits per heavy atom. The predicted molar refractivity (Wildman–Crippen MR) is 68.0 cm³/mol. The van der Waals surface area contributed by atoms with Gasteiger partial charge in [-0.25, -0.2) is 0 Å². The zero-order chi connectivity index (χ0) is 12.0. The maximum Gasteiger partial charge on any atom is 0.0864 e. The van der Waals surface area contributed by atoms with E-state index in [1.807, 2.05) is 25.2 Å². The van der Waals surface area contributed by atoms with Crippen LogP contribution in [0.5, 0.6) is 0 Å². The SMILES string of the molecule is CNCc1ccc(SCC(O)CO)c(Cl)c1. The van der Waals surface area contributed by atoms with Gasteiger partial charge in [0.2, 0.25) is 0 Å². The van der Waals surface area contributed by atoms with Crippen LogP contribution in [0.1, 0.15) is 5.56 Å². The summed E-state index contributed by atoms with van der Waals surface area (Å²) in [7, 11) is 1.88. The standard InChI is InChI=1S/C11H16ClNO2S/c1-13-5-8-2-3-11(10(12)4-8)16-7-9(15)6-14/h2-4,9,13-15H,5-7H2,1H3. The Balaban J connectivity index is 2.60. The van der Waals surface area contributed by atoms with E-state index in [0.29, 0.717) is 10.8 Å². The Morgan fingerprint density at radius 2 is 2.25 bits per heavy atom. The molecule has 0 amide bonds. The second-order valence-electron chi connectivity index (χ2n) is 3.44. The number of halogens is 1. The molecule has 3 N–H and O–H groups in total. The van der Waals surface area contributed by atoms with Crippen molar-refractivity contribution < 1.29 is 10.2 Å². The summed E-state index contributed by atoms with van der Waals surface area (Å²) in [6, 6.07) is 5.84. The number of nitrogens with one attached hydrogen (secondary N) is 1. The molecule has 0 aliphatic rings. The zero-order valence-corrected chi connectivity index (χ0v) is 10.7. The highest BCUT2D eigenvalue weighted by Crippen LogP contribution is 2.28. The molecule has 0 heterocycles. The maximum atomic E-state index is 9.23. The van der Waals surface area contributed by atoms with E-state index >= 15 is 0 Å². The molecule has 0 saturated heterocycles. The van der Waals surface area contributed by atoms with Gasteiger partial charge in [0.25, 0.3) is 0 Å². The second-order valence-corrected chi connectivity index (χ2v) is 4.91. The predicted octanol–water partition coefficient (Wildman–Crippen LogP) is 1.50. The molecule has 3 nitrogen and oxygen atoms in total. The summed E-state index contributed by atoms with van der Waals surface area (Å²) in [4.78, 5) is 0.925. The summed E-state index contributed by atoms with van der Waals surface area (Å²) in [5, 5.41) is 21.7. The van der Waals surface area contributed by atoms with Crippen LogP contribution in [0, 0.1) is 0 Å². The fraction of sp³-hybridized carbons (Fsp3) is 0.455. The van der Waals surface area contributed by atoms with Crippen molar-refractivity contribution in [3.63, 3.8) is 0 Å². The highest BCUT2D eigenvalue weighted by atomic mass is 35.5. The van der Waals surface area contributed by atoms with Gasteiger partial charge in [-0.15, -0.1) is 11.8 Å². The molecule has 0 aromatic heterocycles. The molecule has 90 valence electrons. The van der Waals surface area contributed by atoms with E-state index < -0.39 is 6.10 Å². The van der Waals surface area contributed by atoms with Gasteiger partial charge in [-0.1, -0.05) is 17.7 Å². The molecule has 0 bridgehead atoms.